The van der Waals surface area contributed by atoms with Crippen LogP contribution in [0.15, 0.2) is 97.2 Å². The summed E-state index contributed by atoms with van der Waals surface area (Å²) in [5.74, 6) is 5.91. The van der Waals surface area contributed by atoms with Gasteiger partial charge in [-0.15, -0.1) is 0 Å². The van der Waals surface area contributed by atoms with Gasteiger partial charge in [0.2, 0.25) is 0 Å². The number of halogens is 3. The summed E-state index contributed by atoms with van der Waals surface area (Å²) in [6, 6.07) is 28.1. The van der Waals surface area contributed by atoms with Crippen LogP contribution < -0.4 is 12.4 Å². The summed E-state index contributed by atoms with van der Waals surface area (Å²) >= 11 is 0. The molecule has 1 nitrogen and oxygen atoms in total. The van der Waals surface area contributed by atoms with Crippen molar-refractivity contribution in [3.05, 3.63) is 144 Å². The minimum Gasteiger partial charge on any atom is -1.00 e. The molecule has 1 aliphatic carbocycles. The van der Waals surface area contributed by atoms with Gasteiger partial charge in [0.25, 0.3) is 0 Å². The Morgan fingerprint density at radius 3 is 1.65 bits per heavy atom. The third kappa shape index (κ3) is 7.13. The molecule has 0 saturated heterocycles. The molecule has 5 rings (SSSR count). The normalized spacial score (nSPS) is 14.9. The van der Waals surface area contributed by atoms with E-state index in [4.69, 9.17) is 0 Å². The van der Waals surface area contributed by atoms with Crippen molar-refractivity contribution >= 4 is 0 Å². The molecule has 0 unspecified atom stereocenters. The number of hydrogen-bond acceptors (Lipinski definition) is 1. The Morgan fingerprint density at radius 2 is 1.11 bits per heavy atom. The van der Waals surface area contributed by atoms with Crippen molar-refractivity contribution in [2.24, 2.45) is 0 Å². The molecule has 0 amide bonds. The topological polar surface area (TPSA) is 12.9 Å². The fourth-order valence-electron chi connectivity index (χ4n) is 4.33. The number of benzene rings is 3. The minimum absolute atomic E-state index is 0. The molecule has 1 heterocycles. The van der Waals surface area contributed by atoms with E-state index in [1.54, 1.807) is 24.4 Å². The molecule has 0 spiro atoms. The Balaban J connectivity index is 0.000000265. The van der Waals surface area contributed by atoms with Crippen LogP contribution in [0.4, 0.5) is 8.78 Å². The van der Waals surface area contributed by atoms with Gasteiger partial charge in [-0.05, 0) is 64.6 Å². The summed E-state index contributed by atoms with van der Waals surface area (Å²) in [7, 11) is 0. The fraction of sp³-hybridized carbons (Fsp3) is 0.125. The summed E-state index contributed by atoms with van der Waals surface area (Å²) in [4.78, 5) is 3.98. The van der Waals surface area contributed by atoms with Gasteiger partial charge in [0, 0.05) is 43.8 Å². The first-order valence-electron chi connectivity index (χ1n) is 11.6. The third-order valence-electron chi connectivity index (χ3n) is 6.59. The van der Waals surface area contributed by atoms with Crippen LogP contribution in [0.2, 0.25) is 0 Å². The van der Waals surface area contributed by atoms with Crippen molar-refractivity contribution in [1.82, 2.24) is 4.98 Å². The Labute approximate surface area is 239 Å². The molecule has 1 fully saturated rings. The van der Waals surface area contributed by atoms with E-state index in [9.17, 15) is 8.78 Å². The second-order valence-electron chi connectivity index (χ2n) is 8.66. The number of rotatable bonds is 3. The van der Waals surface area contributed by atoms with Gasteiger partial charge in [-0.3, -0.25) is 4.98 Å². The average Bonchev–Trinajstić information content (AvgIpc) is 3.08. The van der Waals surface area contributed by atoms with Crippen molar-refractivity contribution < 1.29 is 41.3 Å². The van der Waals surface area contributed by atoms with Crippen LogP contribution in [-0.2, 0) is 20.1 Å². The maximum Gasteiger partial charge on any atom is 0.135 e. The van der Waals surface area contributed by atoms with E-state index in [0.717, 1.165) is 6.07 Å². The summed E-state index contributed by atoms with van der Waals surface area (Å²) in [6.07, 6.45) is 1.57. The standard InChI is InChI=1S/C21H21.C11H7F2N.ClH.Ir/c1-14-15(2)17(4)21(16(14)3)20-12-10-19(11-13-20)18-8-6-5-7-9-18;12-8-4-5-9(10(13)7-8)11-3-1-2-6-14-11;;/h5-13H,1-4H3;1-7H;1H;/p-1. The Bertz CT molecular complexity index is 1220. The summed E-state index contributed by atoms with van der Waals surface area (Å²) < 4.78 is 25.9. The van der Waals surface area contributed by atoms with Crippen LogP contribution in [0.5, 0.6) is 0 Å². The van der Waals surface area contributed by atoms with Gasteiger partial charge in [-0.25, -0.2) is 8.78 Å². The monoisotopic (exact) mass is 692 g/mol. The van der Waals surface area contributed by atoms with Crippen molar-refractivity contribution in [2.45, 2.75) is 27.7 Å². The first-order valence-corrected chi connectivity index (χ1v) is 11.6. The maximum absolute atomic E-state index is 13.3. The summed E-state index contributed by atoms with van der Waals surface area (Å²) in [5.41, 5.74) is 4.68. The minimum atomic E-state index is -0.594. The Hall–Kier alpha value is -2.39. The van der Waals surface area contributed by atoms with Gasteiger partial charge in [-0.1, -0.05) is 88.4 Å². The van der Waals surface area contributed by atoms with Gasteiger partial charge in [-0.2, -0.15) is 0 Å². The predicted molar refractivity (Wildman–Crippen MR) is 139 cm³/mol. The number of aromatic nitrogens is 1. The van der Waals surface area contributed by atoms with Crippen molar-refractivity contribution in [3.8, 4) is 22.4 Å². The molecule has 192 valence electrons. The van der Waals surface area contributed by atoms with Crippen LogP contribution in [0.1, 0.15) is 33.3 Å². The van der Waals surface area contributed by atoms with E-state index in [0.29, 0.717) is 11.3 Å². The molecule has 0 atom stereocenters. The van der Waals surface area contributed by atoms with Crippen LogP contribution in [0.3, 0.4) is 0 Å². The second kappa shape index (κ2) is 14.0. The Morgan fingerprint density at radius 1 is 0.568 bits per heavy atom. The smallest absolute Gasteiger partial charge is 0.135 e. The second-order valence-corrected chi connectivity index (χ2v) is 8.66. The zero-order chi connectivity index (χ0) is 24.9. The Kier molecular flexibility index (Phi) is 11.6. The fourth-order valence-corrected chi connectivity index (χ4v) is 4.33. The van der Waals surface area contributed by atoms with E-state index in [-0.39, 0.29) is 32.5 Å². The van der Waals surface area contributed by atoms with E-state index in [1.165, 1.54) is 58.4 Å². The van der Waals surface area contributed by atoms with Crippen molar-refractivity contribution in [1.29, 1.82) is 0 Å². The first kappa shape index (κ1) is 30.8. The molecule has 0 aliphatic heterocycles. The largest absolute Gasteiger partial charge is 1.00 e. The molecule has 37 heavy (non-hydrogen) atoms. The quantitative estimate of drug-likeness (QED) is 0.269. The molecule has 1 aliphatic rings. The van der Waals surface area contributed by atoms with Crippen molar-refractivity contribution in [2.75, 3.05) is 0 Å². The summed E-state index contributed by atoms with van der Waals surface area (Å²) in [6.45, 7) is 8.91. The molecule has 5 heteroatoms. The molecule has 4 aromatic rings. The van der Waals surface area contributed by atoms with Gasteiger partial charge in [0.15, 0.2) is 0 Å². The molecule has 1 saturated carbocycles. The average molecular weight is 692 g/mol. The van der Waals surface area contributed by atoms with Crippen LogP contribution >= 0.6 is 0 Å². The number of hydrogen-bond donors (Lipinski definition) is 0. The zero-order valence-corrected chi connectivity index (χ0v) is 24.3. The predicted octanol–water partition coefficient (Wildman–Crippen LogP) is 5.70. The molecule has 1 aromatic heterocycles. The first-order chi connectivity index (χ1) is 16.9. The van der Waals surface area contributed by atoms with Gasteiger partial charge >= 0.3 is 0 Å². The third-order valence-corrected chi connectivity index (χ3v) is 6.59. The van der Waals surface area contributed by atoms with Crippen LogP contribution in [-0.4, -0.2) is 4.98 Å². The molecule has 3 aromatic carbocycles. The van der Waals surface area contributed by atoms with Gasteiger partial charge in [0.05, 0.1) is 5.69 Å². The van der Waals surface area contributed by atoms with Gasteiger partial charge < -0.3 is 12.4 Å². The van der Waals surface area contributed by atoms with E-state index < -0.39 is 11.6 Å². The zero-order valence-electron chi connectivity index (χ0n) is 21.2. The van der Waals surface area contributed by atoms with E-state index in [1.807, 2.05) is 0 Å². The summed E-state index contributed by atoms with van der Waals surface area (Å²) in [5, 5.41) is 0. The maximum atomic E-state index is 13.3. The molecular formula is C32H28ClF2IrN-. The van der Waals surface area contributed by atoms with Crippen LogP contribution in [0.25, 0.3) is 22.4 Å². The molecule has 0 N–H and O–H groups in total. The molecular weight excluding hydrogens is 664 g/mol. The van der Waals surface area contributed by atoms with E-state index in [2.05, 4.69) is 87.3 Å². The van der Waals surface area contributed by atoms with Crippen LogP contribution in [0, 0.1) is 41.2 Å². The SMILES string of the molecule is C[C]1[C](C)[C](C)[C](c2ccc(-c3ccccc3)cc2)[C]1C.Fc1ccc(-c2ccccn2)c(F)c1.[Cl-].[Ir]. The van der Waals surface area contributed by atoms with E-state index >= 15 is 0 Å². The molecule has 0 bridgehead atoms. The number of pyridine rings is 1. The molecule has 6 radical (unpaired) electrons. The number of nitrogens with zero attached hydrogens (tertiary/aromatic N) is 1. The van der Waals surface area contributed by atoms with Crippen molar-refractivity contribution in [3.63, 3.8) is 0 Å². The van der Waals surface area contributed by atoms with Gasteiger partial charge in [0.1, 0.15) is 11.6 Å².